The van der Waals surface area contributed by atoms with Crippen LogP contribution >= 0.6 is 15.9 Å². The Kier molecular flexibility index (Phi) is 3.33. The zero-order valence-corrected chi connectivity index (χ0v) is 8.39. The van der Waals surface area contributed by atoms with Crippen molar-refractivity contribution < 1.29 is 8.78 Å². The van der Waals surface area contributed by atoms with E-state index >= 15 is 0 Å². The average Bonchev–Trinajstić information content (AvgIpc) is 2.03. The quantitative estimate of drug-likeness (QED) is 0.834. The Morgan fingerprint density at radius 2 is 2.15 bits per heavy atom. The minimum atomic E-state index is -2.87. The Hall–Kier alpha value is -0.550. The number of aromatic nitrogens is 1. The molecule has 0 fully saturated rings. The van der Waals surface area contributed by atoms with E-state index in [0.717, 1.165) is 0 Å². The molecule has 0 unspecified atom stereocenters. The predicted molar refractivity (Wildman–Crippen MR) is 49.6 cm³/mol. The van der Waals surface area contributed by atoms with Crippen LogP contribution in [0.1, 0.15) is 5.69 Å². The summed E-state index contributed by atoms with van der Waals surface area (Å²) in [5.41, 5.74) is 5.24. The number of nitrogens with zero attached hydrogens (tertiary/aromatic N) is 1. The highest BCUT2D eigenvalue weighted by Crippen LogP contribution is 2.18. The van der Waals surface area contributed by atoms with Gasteiger partial charge in [0.15, 0.2) is 0 Å². The molecule has 1 rings (SSSR count). The third-order valence-corrected chi connectivity index (χ3v) is 1.95. The van der Waals surface area contributed by atoms with Crippen LogP contribution in [0, 0.1) is 0 Å². The minimum absolute atomic E-state index is 0.338. The molecular formula is C8H9BrF2N2. The lowest BCUT2D eigenvalue weighted by Crippen LogP contribution is -2.30. The van der Waals surface area contributed by atoms with Crippen molar-refractivity contribution in [3.05, 3.63) is 28.5 Å². The van der Waals surface area contributed by atoms with E-state index in [4.69, 9.17) is 5.73 Å². The lowest BCUT2D eigenvalue weighted by Gasteiger charge is -2.12. The summed E-state index contributed by atoms with van der Waals surface area (Å²) >= 11 is 3.10. The van der Waals surface area contributed by atoms with Crippen molar-refractivity contribution in [1.29, 1.82) is 0 Å². The Balaban J connectivity index is 2.74. The first-order valence-electron chi connectivity index (χ1n) is 3.73. The van der Waals surface area contributed by atoms with Gasteiger partial charge in [0, 0.05) is 5.69 Å². The molecule has 0 atom stereocenters. The van der Waals surface area contributed by atoms with Crippen LogP contribution in [0.3, 0.4) is 0 Å². The van der Waals surface area contributed by atoms with Gasteiger partial charge in [0.2, 0.25) is 0 Å². The Labute approximate surface area is 83.3 Å². The molecule has 2 nitrogen and oxygen atoms in total. The van der Waals surface area contributed by atoms with Gasteiger partial charge in [-0.1, -0.05) is 6.07 Å². The highest BCUT2D eigenvalue weighted by Gasteiger charge is 2.27. The van der Waals surface area contributed by atoms with Gasteiger partial charge in [-0.25, -0.2) is 13.8 Å². The van der Waals surface area contributed by atoms with Gasteiger partial charge in [-0.15, -0.1) is 0 Å². The first kappa shape index (κ1) is 10.5. The molecule has 1 aromatic rings. The second-order valence-corrected chi connectivity index (χ2v) is 3.50. The zero-order valence-electron chi connectivity index (χ0n) is 6.80. The Bertz CT molecular complexity index is 291. The molecule has 5 heteroatoms. The molecule has 0 aromatic carbocycles. The van der Waals surface area contributed by atoms with E-state index in [1.807, 2.05) is 0 Å². The third-order valence-electron chi connectivity index (χ3n) is 1.51. The summed E-state index contributed by atoms with van der Waals surface area (Å²) < 4.78 is 26.1. The lowest BCUT2D eigenvalue weighted by molar-refractivity contribution is 0.0105. The summed E-state index contributed by atoms with van der Waals surface area (Å²) in [4.78, 5) is 3.89. The monoisotopic (exact) mass is 250 g/mol. The average molecular weight is 251 g/mol. The molecule has 0 aliphatic rings. The van der Waals surface area contributed by atoms with E-state index in [1.54, 1.807) is 18.2 Å². The predicted octanol–water partition coefficient (Wildman–Crippen LogP) is 1.98. The van der Waals surface area contributed by atoms with Crippen LogP contribution in [0.2, 0.25) is 0 Å². The normalized spacial score (nSPS) is 11.7. The van der Waals surface area contributed by atoms with Gasteiger partial charge in [-0.2, -0.15) is 0 Å². The molecule has 2 N–H and O–H groups in total. The van der Waals surface area contributed by atoms with Crippen molar-refractivity contribution >= 4 is 15.9 Å². The summed E-state index contributed by atoms with van der Waals surface area (Å²) in [5, 5.41) is 0. The lowest BCUT2D eigenvalue weighted by atomic mass is 10.2. The van der Waals surface area contributed by atoms with Crippen LogP contribution in [0.15, 0.2) is 22.8 Å². The van der Waals surface area contributed by atoms with Crippen molar-refractivity contribution in [2.75, 3.05) is 6.54 Å². The fourth-order valence-corrected chi connectivity index (χ4v) is 1.27. The smallest absolute Gasteiger partial charge is 0.265 e. The standard InChI is InChI=1S/C8H9BrF2N2/c9-7-3-1-2-6(13-7)4-8(10,11)5-12/h1-3H,4-5,12H2. The van der Waals surface area contributed by atoms with E-state index < -0.39 is 18.9 Å². The van der Waals surface area contributed by atoms with E-state index in [2.05, 4.69) is 20.9 Å². The fraction of sp³-hybridized carbons (Fsp3) is 0.375. The number of halogens is 3. The number of hydrogen-bond acceptors (Lipinski definition) is 2. The molecule has 72 valence electrons. The first-order valence-corrected chi connectivity index (χ1v) is 4.52. The molecule has 0 amide bonds. The van der Waals surface area contributed by atoms with Crippen molar-refractivity contribution in [3.8, 4) is 0 Å². The van der Waals surface area contributed by atoms with Crippen LogP contribution in [0.5, 0.6) is 0 Å². The molecule has 0 saturated carbocycles. The second kappa shape index (κ2) is 4.11. The van der Waals surface area contributed by atoms with Gasteiger partial charge in [-0.3, -0.25) is 0 Å². The molecule has 0 spiro atoms. The van der Waals surface area contributed by atoms with Crippen LogP contribution in [-0.4, -0.2) is 17.5 Å². The first-order chi connectivity index (χ1) is 6.03. The second-order valence-electron chi connectivity index (χ2n) is 2.69. The van der Waals surface area contributed by atoms with Crippen molar-refractivity contribution in [3.63, 3.8) is 0 Å². The maximum atomic E-state index is 12.8. The van der Waals surface area contributed by atoms with Crippen LogP contribution in [-0.2, 0) is 6.42 Å². The maximum absolute atomic E-state index is 12.8. The summed E-state index contributed by atoms with van der Waals surface area (Å²) in [6.45, 7) is -0.652. The number of nitrogens with two attached hydrogens (primary N) is 1. The summed E-state index contributed by atoms with van der Waals surface area (Å²) in [6, 6.07) is 4.90. The molecule has 0 radical (unpaired) electrons. The largest absolute Gasteiger partial charge is 0.325 e. The SMILES string of the molecule is NCC(F)(F)Cc1cccc(Br)n1. The summed E-state index contributed by atoms with van der Waals surface area (Å²) in [7, 11) is 0. The highest BCUT2D eigenvalue weighted by atomic mass is 79.9. The van der Waals surface area contributed by atoms with E-state index in [0.29, 0.717) is 10.3 Å². The van der Waals surface area contributed by atoms with Crippen molar-refractivity contribution in [1.82, 2.24) is 4.98 Å². The van der Waals surface area contributed by atoms with Gasteiger partial charge >= 0.3 is 0 Å². The number of hydrogen-bond donors (Lipinski definition) is 1. The van der Waals surface area contributed by atoms with Crippen LogP contribution < -0.4 is 5.73 Å². The Morgan fingerprint density at radius 1 is 1.46 bits per heavy atom. The zero-order chi connectivity index (χ0) is 9.90. The third kappa shape index (κ3) is 3.36. The molecule has 0 bridgehead atoms. The van der Waals surface area contributed by atoms with Gasteiger partial charge in [0.25, 0.3) is 5.92 Å². The summed E-state index contributed by atoms with van der Waals surface area (Å²) in [5.74, 6) is -2.87. The van der Waals surface area contributed by atoms with Gasteiger partial charge < -0.3 is 5.73 Å². The molecule has 0 aliphatic carbocycles. The van der Waals surface area contributed by atoms with Crippen LogP contribution in [0.4, 0.5) is 8.78 Å². The maximum Gasteiger partial charge on any atom is 0.265 e. The number of pyridine rings is 1. The number of rotatable bonds is 3. The highest BCUT2D eigenvalue weighted by molar-refractivity contribution is 9.10. The molecule has 1 aromatic heterocycles. The van der Waals surface area contributed by atoms with Crippen molar-refractivity contribution in [2.24, 2.45) is 5.73 Å². The van der Waals surface area contributed by atoms with E-state index in [1.165, 1.54) is 0 Å². The Morgan fingerprint density at radius 3 is 2.69 bits per heavy atom. The topological polar surface area (TPSA) is 38.9 Å². The van der Waals surface area contributed by atoms with Gasteiger partial charge in [-0.05, 0) is 28.1 Å². The molecular weight excluding hydrogens is 242 g/mol. The molecule has 1 heterocycles. The minimum Gasteiger partial charge on any atom is -0.325 e. The van der Waals surface area contributed by atoms with E-state index in [-0.39, 0.29) is 0 Å². The van der Waals surface area contributed by atoms with Gasteiger partial charge in [0.1, 0.15) is 4.60 Å². The van der Waals surface area contributed by atoms with Crippen molar-refractivity contribution in [2.45, 2.75) is 12.3 Å². The van der Waals surface area contributed by atoms with E-state index in [9.17, 15) is 8.78 Å². The van der Waals surface area contributed by atoms with Crippen LogP contribution in [0.25, 0.3) is 0 Å². The fourth-order valence-electron chi connectivity index (χ4n) is 0.886. The molecule has 0 saturated heterocycles. The molecule has 0 aliphatic heterocycles. The van der Waals surface area contributed by atoms with Gasteiger partial charge in [0.05, 0.1) is 13.0 Å². The molecule has 13 heavy (non-hydrogen) atoms. The number of alkyl halides is 2. The summed E-state index contributed by atoms with van der Waals surface area (Å²) in [6.07, 6.45) is -0.414.